The minimum atomic E-state index is -0.691. The number of rotatable bonds is 4. The number of aliphatic carboxylic acids is 1. The fraction of sp³-hybridized carbons (Fsp3) is 0.917. The molecule has 2 aliphatic rings. The van der Waals surface area contributed by atoms with Crippen molar-refractivity contribution < 1.29 is 14.6 Å². The molecule has 2 atom stereocenters. The lowest BCUT2D eigenvalue weighted by atomic mass is 10.1. The van der Waals surface area contributed by atoms with Gasteiger partial charge in [-0.15, -0.1) is 0 Å². The summed E-state index contributed by atoms with van der Waals surface area (Å²) >= 11 is 0. The summed E-state index contributed by atoms with van der Waals surface area (Å²) in [5.74, 6) is -0.691. The number of carbonyl (C=O) groups is 1. The van der Waals surface area contributed by atoms with E-state index < -0.39 is 5.97 Å². The molecule has 2 heterocycles. The third kappa shape index (κ3) is 3.66. The van der Waals surface area contributed by atoms with Gasteiger partial charge in [-0.25, -0.2) is 0 Å². The first kappa shape index (κ1) is 12.8. The Hall–Kier alpha value is -0.650. The summed E-state index contributed by atoms with van der Waals surface area (Å²) in [5.41, 5.74) is 0. The molecule has 5 heteroatoms. The molecular weight excluding hydrogens is 220 g/mol. The summed E-state index contributed by atoms with van der Waals surface area (Å²) in [6.45, 7) is 4.63. The average molecular weight is 242 g/mol. The normalized spacial score (nSPS) is 31.8. The summed E-state index contributed by atoms with van der Waals surface area (Å²) in [6, 6.07) is 0.211. The summed E-state index contributed by atoms with van der Waals surface area (Å²) in [6.07, 6.45) is 2.63. The van der Waals surface area contributed by atoms with E-state index in [2.05, 4.69) is 16.8 Å². The van der Waals surface area contributed by atoms with E-state index in [0.29, 0.717) is 0 Å². The maximum atomic E-state index is 10.8. The van der Waals surface area contributed by atoms with Gasteiger partial charge < -0.3 is 14.7 Å². The molecule has 0 spiro atoms. The predicted octanol–water partition coefficient (Wildman–Crippen LogP) is 0.256. The second-order valence-electron chi connectivity index (χ2n) is 5.14. The zero-order valence-corrected chi connectivity index (χ0v) is 10.5. The number of hydrogen-bond acceptors (Lipinski definition) is 4. The topological polar surface area (TPSA) is 53.0 Å². The van der Waals surface area contributed by atoms with Gasteiger partial charge in [0.1, 0.15) is 0 Å². The van der Waals surface area contributed by atoms with Gasteiger partial charge in [0.05, 0.1) is 19.1 Å². The van der Waals surface area contributed by atoms with Crippen molar-refractivity contribution in [3.63, 3.8) is 0 Å². The maximum absolute atomic E-state index is 10.8. The van der Waals surface area contributed by atoms with Crippen LogP contribution < -0.4 is 0 Å². The van der Waals surface area contributed by atoms with Gasteiger partial charge >= 0.3 is 5.97 Å². The van der Waals surface area contributed by atoms with Crippen molar-refractivity contribution in [2.75, 3.05) is 39.8 Å². The minimum Gasteiger partial charge on any atom is -0.481 e. The average Bonchev–Trinajstić information content (AvgIpc) is 2.65. The highest BCUT2D eigenvalue weighted by atomic mass is 16.5. The molecule has 17 heavy (non-hydrogen) atoms. The fourth-order valence-corrected chi connectivity index (χ4v) is 2.81. The highest BCUT2D eigenvalue weighted by molar-refractivity contribution is 5.67. The summed E-state index contributed by atoms with van der Waals surface area (Å²) in [4.78, 5) is 15.3. The van der Waals surface area contributed by atoms with Crippen molar-refractivity contribution in [1.82, 2.24) is 9.80 Å². The van der Waals surface area contributed by atoms with E-state index in [1.807, 2.05) is 0 Å². The molecule has 0 aromatic carbocycles. The molecule has 0 aromatic heterocycles. The smallest absolute Gasteiger partial charge is 0.304 e. The quantitative estimate of drug-likeness (QED) is 0.766. The van der Waals surface area contributed by atoms with Crippen molar-refractivity contribution in [1.29, 1.82) is 0 Å². The third-order valence-electron chi connectivity index (χ3n) is 3.69. The van der Waals surface area contributed by atoms with E-state index >= 15 is 0 Å². The maximum Gasteiger partial charge on any atom is 0.304 e. The lowest BCUT2D eigenvalue weighted by Crippen LogP contribution is -2.47. The number of likely N-dealkylation sites (tertiary alicyclic amines) is 1. The monoisotopic (exact) mass is 242 g/mol. The second kappa shape index (κ2) is 5.80. The van der Waals surface area contributed by atoms with Crippen LogP contribution in [0.3, 0.4) is 0 Å². The van der Waals surface area contributed by atoms with Gasteiger partial charge in [-0.3, -0.25) is 9.69 Å². The molecular formula is C12H22N2O3. The Morgan fingerprint density at radius 2 is 2.29 bits per heavy atom. The number of carboxylic acids is 1. The van der Waals surface area contributed by atoms with Crippen LogP contribution in [-0.4, -0.2) is 72.9 Å². The molecule has 5 nitrogen and oxygen atoms in total. The Labute approximate surface area is 102 Å². The van der Waals surface area contributed by atoms with Crippen LogP contribution in [0.25, 0.3) is 0 Å². The Morgan fingerprint density at radius 3 is 3.00 bits per heavy atom. The van der Waals surface area contributed by atoms with Crippen LogP contribution in [0.5, 0.6) is 0 Å². The van der Waals surface area contributed by atoms with Gasteiger partial charge in [-0.1, -0.05) is 0 Å². The zero-order chi connectivity index (χ0) is 12.3. The van der Waals surface area contributed by atoms with E-state index in [1.165, 1.54) is 0 Å². The van der Waals surface area contributed by atoms with Crippen LogP contribution in [0, 0.1) is 0 Å². The third-order valence-corrected chi connectivity index (χ3v) is 3.69. The Balaban J connectivity index is 1.82. The van der Waals surface area contributed by atoms with Gasteiger partial charge in [-0.05, 0) is 26.4 Å². The molecule has 0 aliphatic carbocycles. The first-order chi connectivity index (χ1) is 8.15. The molecule has 1 N–H and O–H groups in total. The van der Waals surface area contributed by atoms with E-state index in [-0.39, 0.29) is 18.6 Å². The van der Waals surface area contributed by atoms with Crippen LogP contribution in [0.1, 0.15) is 19.3 Å². The van der Waals surface area contributed by atoms with Crippen molar-refractivity contribution in [3.05, 3.63) is 0 Å². The molecule has 2 unspecified atom stereocenters. The van der Waals surface area contributed by atoms with Gasteiger partial charge in [0.2, 0.25) is 0 Å². The number of nitrogens with zero attached hydrogens (tertiary/aromatic N) is 2. The number of ether oxygens (including phenoxy) is 1. The summed E-state index contributed by atoms with van der Waals surface area (Å²) in [5, 5.41) is 8.87. The first-order valence-electron chi connectivity index (χ1n) is 6.41. The molecule has 0 amide bonds. The number of hydrogen-bond donors (Lipinski definition) is 1. The molecule has 2 rings (SSSR count). The van der Waals surface area contributed by atoms with Crippen LogP contribution in [0.2, 0.25) is 0 Å². The van der Waals surface area contributed by atoms with Gasteiger partial charge in [0.25, 0.3) is 0 Å². The van der Waals surface area contributed by atoms with Gasteiger partial charge in [0.15, 0.2) is 0 Å². The lowest BCUT2D eigenvalue weighted by molar-refractivity contribution is -0.138. The summed E-state index contributed by atoms with van der Waals surface area (Å²) in [7, 11) is 2.11. The molecule has 0 aromatic rings. The minimum absolute atomic E-state index is 0.211. The Morgan fingerprint density at radius 1 is 1.47 bits per heavy atom. The number of carboxylic acid groups (broad SMARTS) is 1. The van der Waals surface area contributed by atoms with Crippen LogP contribution in [0.15, 0.2) is 0 Å². The zero-order valence-electron chi connectivity index (χ0n) is 10.5. The molecule has 98 valence electrons. The van der Waals surface area contributed by atoms with Gasteiger partial charge in [-0.2, -0.15) is 0 Å². The van der Waals surface area contributed by atoms with Crippen LogP contribution >= 0.6 is 0 Å². The van der Waals surface area contributed by atoms with Crippen LogP contribution in [0.4, 0.5) is 0 Å². The van der Waals surface area contributed by atoms with Crippen molar-refractivity contribution in [2.24, 2.45) is 0 Å². The highest BCUT2D eigenvalue weighted by Gasteiger charge is 2.29. The standard InChI is InChI=1S/C12H22N2O3/c1-13-5-6-17-11(8-13)9-14-4-2-3-10(14)7-12(15)16/h10-11H,2-9H2,1H3,(H,15,16). The van der Waals surface area contributed by atoms with Gasteiger partial charge in [0, 0.05) is 25.7 Å². The van der Waals surface area contributed by atoms with E-state index in [9.17, 15) is 4.79 Å². The predicted molar refractivity (Wildman–Crippen MR) is 64.1 cm³/mol. The van der Waals surface area contributed by atoms with E-state index in [0.717, 1.165) is 45.6 Å². The van der Waals surface area contributed by atoms with Crippen molar-refractivity contribution in [2.45, 2.75) is 31.4 Å². The molecule has 0 bridgehead atoms. The van der Waals surface area contributed by atoms with E-state index in [1.54, 1.807) is 0 Å². The molecule has 0 saturated carbocycles. The molecule has 2 aliphatic heterocycles. The molecule has 2 saturated heterocycles. The highest BCUT2D eigenvalue weighted by Crippen LogP contribution is 2.21. The SMILES string of the molecule is CN1CCOC(CN2CCCC2CC(=O)O)C1. The van der Waals surface area contributed by atoms with E-state index in [4.69, 9.17) is 9.84 Å². The Kier molecular flexibility index (Phi) is 4.36. The molecule has 0 radical (unpaired) electrons. The number of likely N-dealkylation sites (N-methyl/N-ethyl adjacent to an activating group) is 1. The lowest BCUT2D eigenvalue weighted by Gasteiger charge is -2.34. The second-order valence-corrected chi connectivity index (χ2v) is 5.14. The Bertz CT molecular complexity index is 272. The van der Waals surface area contributed by atoms with Crippen molar-refractivity contribution in [3.8, 4) is 0 Å². The van der Waals surface area contributed by atoms with Crippen molar-refractivity contribution >= 4 is 5.97 Å². The fourth-order valence-electron chi connectivity index (χ4n) is 2.81. The summed E-state index contributed by atoms with van der Waals surface area (Å²) < 4.78 is 5.73. The number of morpholine rings is 1. The van der Waals surface area contributed by atoms with Crippen LogP contribution in [-0.2, 0) is 9.53 Å². The molecule has 2 fully saturated rings. The largest absolute Gasteiger partial charge is 0.481 e. The first-order valence-corrected chi connectivity index (χ1v) is 6.41.